The molecular formula is C11H16O2. The second kappa shape index (κ2) is 4.17. The quantitative estimate of drug-likeness (QED) is 0.775. The van der Waals surface area contributed by atoms with Crippen LogP contribution in [-0.2, 0) is 0 Å². The summed E-state index contributed by atoms with van der Waals surface area (Å²) in [5.41, 5.74) is 1.98. The van der Waals surface area contributed by atoms with Gasteiger partial charge >= 0.3 is 0 Å². The lowest BCUT2D eigenvalue weighted by Gasteiger charge is -2.10. The van der Waals surface area contributed by atoms with Gasteiger partial charge in [-0.3, -0.25) is 0 Å². The van der Waals surface area contributed by atoms with Gasteiger partial charge in [-0.2, -0.15) is 0 Å². The van der Waals surface area contributed by atoms with Gasteiger partial charge < -0.3 is 9.84 Å². The maximum Gasteiger partial charge on any atom is 0.161 e. The fraction of sp³-hybridized carbons (Fsp3) is 0.455. The lowest BCUT2D eigenvalue weighted by atomic mass is 10.1. The molecule has 1 aromatic rings. The number of aryl methyl sites for hydroxylation is 1. The van der Waals surface area contributed by atoms with Crippen LogP contribution in [0, 0.1) is 13.8 Å². The van der Waals surface area contributed by atoms with Crippen LogP contribution in [0.15, 0.2) is 12.1 Å². The summed E-state index contributed by atoms with van der Waals surface area (Å²) in [7, 11) is 0. The fourth-order valence-corrected chi connectivity index (χ4v) is 1.10. The summed E-state index contributed by atoms with van der Waals surface area (Å²) in [5, 5.41) is 9.68. The standard InChI is InChI=1S/C11H16O2/c1-4-7-13-10-6-5-8(2)9(3)11(10)12/h5-6,12H,4,7H2,1-3H3. The molecule has 0 heterocycles. The van der Waals surface area contributed by atoms with Gasteiger partial charge in [0.1, 0.15) is 0 Å². The Morgan fingerprint density at radius 3 is 2.62 bits per heavy atom. The van der Waals surface area contributed by atoms with Crippen molar-refractivity contribution >= 4 is 0 Å². The monoisotopic (exact) mass is 180 g/mol. The van der Waals surface area contributed by atoms with Gasteiger partial charge in [0.25, 0.3) is 0 Å². The molecule has 2 heteroatoms. The highest BCUT2D eigenvalue weighted by molar-refractivity contribution is 5.48. The first-order chi connectivity index (χ1) is 6.16. The van der Waals surface area contributed by atoms with E-state index in [1.165, 1.54) is 0 Å². The van der Waals surface area contributed by atoms with E-state index in [-0.39, 0.29) is 5.75 Å². The van der Waals surface area contributed by atoms with Gasteiger partial charge in [0.15, 0.2) is 11.5 Å². The van der Waals surface area contributed by atoms with Gasteiger partial charge in [-0.15, -0.1) is 0 Å². The largest absolute Gasteiger partial charge is 0.504 e. The molecule has 0 unspecified atom stereocenters. The van der Waals surface area contributed by atoms with E-state index in [4.69, 9.17) is 4.74 Å². The topological polar surface area (TPSA) is 29.5 Å². The highest BCUT2D eigenvalue weighted by Gasteiger charge is 2.06. The summed E-state index contributed by atoms with van der Waals surface area (Å²) < 4.78 is 5.37. The summed E-state index contributed by atoms with van der Waals surface area (Å²) in [6.07, 6.45) is 0.951. The molecule has 1 rings (SSSR count). The Morgan fingerprint density at radius 2 is 2.00 bits per heavy atom. The normalized spacial score (nSPS) is 10.1. The number of aromatic hydroxyl groups is 1. The van der Waals surface area contributed by atoms with E-state index in [0.717, 1.165) is 17.5 Å². The van der Waals surface area contributed by atoms with Crippen molar-refractivity contribution in [2.75, 3.05) is 6.61 Å². The van der Waals surface area contributed by atoms with Crippen LogP contribution in [0.1, 0.15) is 24.5 Å². The van der Waals surface area contributed by atoms with Crippen molar-refractivity contribution in [1.82, 2.24) is 0 Å². The highest BCUT2D eigenvalue weighted by Crippen LogP contribution is 2.31. The van der Waals surface area contributed by atoms with Crippen molar-refractivity contribution < 1.29 is 9.84 Å². The van der Waals surface area contributed by atoms with Gasteiger partial charge in [-0.05, 0) is 37.5 Å². The average Bonchev–Trinajstić information content (AvgIpc) is 2.13. The molecule has 13 heavy (non-hydrogen) atoms. The van der Waals surface area contributed by atoms with Crippen LogP contribution in [0.2, 0.25) is 0 Å². The molecule has 1 N–H and O–H groups in total. The molecule has 0 spiro atoms. The first-order valence-corrected chi connectivity index (χ1v) is 4.58. The van der Waals surface area contributed by atoms with E-state index in [1.54, 1.807) is 0 Å². The Morgan fingerprint density at radius 1 is 1.31 bits per heavy atom. The third kappa shape index (κ3) is 2.14. The summed E-state index contributed by atoms with van der Waals surface area (Å²) >= 11 is 0. The molecule has 0 atom stereocenters. The van der Waals surface area contributed by atoms with E-state index in [1.807, 2.05) is 32.9 Å². The number of rotatable bonds is 3. The van der Waals surface area contributed by atoms with Crippen molar-refractivity contribution in [3.05, 3.63) is 23.3 Å². The van der Waals surface area contributed by atoms with E-state index < -0.39 is 0 Å². The SMILES string of the molecule is CCCOc1ccc(C)c(C)c1O. The smallest absolute Gasteiger partial charge is 0.161 e. The number of benzene rings is 1. The van der Waals surface area contributed by atoms with Crippen molar-refractivity contribution in [1.29, 1.82) is 0 Å². The number of ether oxygens (including phenoxy) is 1. The van der Waals surface area contributed by atoms with Crippen molar-refractivity contribution in [2.45, 2.75) is 27.2 Å². The van der Waals surface area contributed by atoms with Crippen LogP contribution in [-0.4, -0.2) is 11.7 Å². The zero-order chi connectivity index (χ0) is 9.84. The second-order valence-electron chi connectivity index (χ2n) is 3.20. The zero-order valence-corrected chi connectivity index (χ0v) is 8.42. The van der Waals surface area contributed by atoms with Gasteiger partial charge in [-0.25, -0.2) is 0 Å². The van der Waals surface area contributed by atoms with Gasteiger partial charge in [0, 0.05) is 0 Å². The Bertz CT molecular complexity index is 292. The molecule has 72 valence electrons. The minimum Gasteiger partial charge on any atom is -0.504 e. The number of hydrogen-bond acceptors (Lipinski definition) is 2. The number of phenolic OH excluding ortho intramolecular Hbond substituents is 1. The molecule has 2 nitrogen and oxygen atoms in total. The maximum atomic E-state index is 9.68. The molecule has 0 saturated carbocycles. The summed E-state index contributed by atoms with van der Waals surface area (Å²) in [6, 6.07) is 3.77. The van der Waals surface area contributed by atoms with Gasteiger partial charge in [-0.1, -0.05) is 13.0 Å². The number of phenols is 1. The molecule has 0 bridgehead atoms. The molecular weight excluding hydrogens is 164 g/mol. The molecule has 0 aliphatic rings. The van der Waals surface area contributed by atoms with E-state index in [2.05, 4.69) is 0 Å². The third-order valence-electron chi connectivity index (χ3n) is 2.13. The third-order valence-corrected chi connectivity index (χ3v) is 2.13. The first kappa shape index (κ1) is 9.90. The van der Waals surface area contributed by atoms with Crippen LogP contribution >= 0.6 is 0 Å². The summed E-state index contributed by atoms with van der Waals surface area (Å²) in [5.74, 6) is 0.860. The molecule has 1 aromatic carbocycles. The molecule has 0 amide bonds. The molecule has 0 radical (unpaired) electrons. The Labute approximate surface area is 79.2 Å². The molecule has 0 fully saturated rings. The summed E-state index contributed by atoms with van der Waals surface area (Å²) in [6.45, 7) is 6.55. The van der Waals surface area contributed by atoms with Crippen molar-refractivity contribution in [3.63, 3.8) is 0 Å². The Kier molecular flexibility index (Phi) is 3.18. The van der Waals surface area contributed by atoms with Crippen LogP contribution < -0.4 is 4.74 Å². The van der Waals surface area contributed by atoms with E-state index >= 15 is 0 Å². The minimum atomic E-state index is 0.272. The number of hydrogen-bond donors (Lipinski definition) is 1. The van der Waals surface area contributed by atoms with Crippen molar-refractivity contribution in [3.8, 4) is 11.5 Å². The predicted molar refractivity (Wildman–Crippen MR) is 53.4 cm³/mol. The maximum absolute atomic E-state index is 9.68. The zero-order valence-electron chi connectivity index (χ0n) is 8.42. The molecule has 0 aliphatic carbocycles. The first-order valence-electron chi connectivity index (χ1n) is 4.58. The van der Waals surface area contributed by atoms with Gasteiger partial charge in [0.05, 0.1) is 6.61 Å². The Hall–Kier alpha value is -1.18. The Balaban J connectivity index is 2.90. The molecule has 0 saturated heterocycles. The molecule has 0 aliphatic heterocycles. The van der Waals surface area contributed by atoms with E-state index in [0.29, 0.717) is 12.4 Å². The van der Waals surface area contributed by atoms with Crippen molar-refractivity contribution in [2.24, 2.45) is 0 Å². The highest BCUT2D eigenvalue weighted by atomic mass is 16.5. The minimum absolute atomic E-state index is 0.272. The van der Waals surface area contributed by atoms with Crippen LogP contribution in [0.25, 0.3) is 0 Å². The van der Waals surface area contributed by atoms with Crippen LogP contribution in [0.3, 0.4) is 0 Å². The average molecular weight is 180 g/mol. The summed E-state index contributed by atoms with van der Waals surface area (Å²) in [4.78, 5) is 0. The second-order valence-corrected chi connectivity index (χ2v) is 3.20. The molecule has 0 aromatic heterocycles. The van der Waals surface area contributed by atoms with Gasteiger partial charge in [0.2, 0.25) is 0 Å². The fourth-order valence-electron chi connectivity index (χ4n) is 1.10. The predicted octanol–water partition coefficient (Wildman–Crippen LogP) is 2.80. The lowest BCUT2D eigenvalue weighted by molar-refractivity contribution is 0.298. The lowest BCUT2D eigenvalue weighted by Crippen LogP contribution is -1.96. The van der Waals surface area contributed by atoms with Crippen LogP contribution in [0.4, 0.5) is 0 Å². The van der Waals surface area contributed by atoms with Crippen LogP contribution in [0.5, 0.6) is 11.5 Å². The van der Waals surface area contributed by atoms with E-state index in [9.17, 15) is 5.11 Å².